The summed E-state index contributed by atoms with van der Waals surface area (Å²) in [6, 6.07) is 6.86. The van der Waals surface area contributed by atoms with Gasteiger partial charge in [-0.25, -0.2) is 10.7 Å². The van der Waals surface area contributed by atoms with Gasteiger partial charge in [0.05, 0.1) is 6.61 Å². The van der Waals surface area contributed by atoms with E-state index in [2.05, 4.69) is 10.2 Å². The Morgan fingerprint density at radius 2 is 2.05 bits per heavy atom. The summed E-state index contributed by atoms with van der Waals surface area (Å²) in [5.41, 5.74) is 0.104. The number of phenols is 1. The van der Waals surface area contributed by atoms with E-state index in [1.165, 1.54) is 0 Å². The lowest BCUT2D eigenvalue weighted by atomic mass is 9.99. The number of carbonyl (C=O) groups is 1. The number of hydrogen-bond donors (Lipinski definition) is 3. The summed E-state index contributed by atoms with van der Waals surface area (Å²) < 4.78 is 5.15. The molecule has 0 radical (unpaired) electrons. The summed E-state index contributed by atoms with van der Waals surface area (Å²) in [5, 5.41) is 12.5. The monoisotopic (exact) mass is 282 g/mol. The molecule has 0 spiro atoms. The number of aromatic hydroxyl groups is 1. The summed E-state index contributed by atoms with van der Waals surface area (Å²) >= 11 is 0. The van der Waals surface area contributed by atoms with Crippen molar-refractivity contribution in [2.75, 3.05) is 13.2 Å². The quantitative estimate of drug-likeness (QED) is 0.717. The molecule has 0 saturated carbocycles. The highest BCUT2D eigenvalue weighted by molar-refractivity contribution is 5.67. The largest absolute Gasteiger partial charge is 0.508 e. The number of benzene rings is 1. The van der Waals surface area contributed by atoms with Crippen LogP contribution in [0.2, 0.25) is 0 Å². The van der Waals surface area contributed by atoms with Gasteiger partial charge in [-0.15, -0.1) is 0 Å². The van der Waals surface area contributed by atoms with Crippen molar-refractivity contribution in [2.24, 2.45) is 5.90 Å². The minimum atomic E-state index is -0.557. The molecule has 4 N–H and O–H groups in total. The zero-order valence-corrected chi connectivity index (χ0v) is 12.1. The molecule has 1 aromatic rings. The Kier molecular flexibility index (Phi) is 5.79. The van der Waals surface area contributed by atoms with Gasteiger partial charge in [0.15, 0.2) is 0 Å². The van der Waals surface area contributed by atoms with E-state index in [0.717, 1.165) is 0 Å². The van der Waals surface area contributed by atoms with Gasteiger partial charge in [-0.1, -0.05) is 18.2 Å². The predicted octanol–water partition coefficient (Wildman–Crippen LogP) is 1.89. The van der Waals surface area contributed by atoms with E-state index in [9.17, 15) is 9.90 Å². The molecule has 0 heterocycles. The lowest BCUT2D eigenvalue weighted by Gasteiger charge is -2.22. The maximum Gasteiger partial charge on any atom is 0.407 e. The van der Waals surface area contributed by atoms with Crippen LogP contribution in [0.1, 0.15) is 32.3 Å². The predicted molar refractivity (Wildman–Crippen MR) is 75.2 cm³/mol. The summed E-state index contributed by atoms with van der Waals surface area (Å²) in [7, 11) is 0. The van der Waals surface area contributed by atoms with Crippen LogP contribution in [0.4, 0.5) is 4.79 Å². The molecule has 0 aliphatic rings. The normalized spacial score (nSPS) is 12.8. The van der Waals surface area contributed by atoms with Gasteiger partial charge in [0.2, 0.25) is 0 Å². The van der Waals surface area contributed by atoms with Crippen molar-refractivity contribution in [3.63, 3.8) is 0 Å². The maximum absolute atomic E-state index is 11.6. The first kappa shape index (κ1) is 16.3. The number of amides is 1. The highest BCUT2D eigenvalue weighted by atomic mass is 16.6. The number of nitrogens with two attached hydrogens (primary N) is 1. The second-order valence-electron chi connectivity index (χ2n) is 5.47. The standard InChI is InChI=1S/C14H22N2O4/c1-14(2,3)20-13(18)16-8-10(9-19-15)11-6-4-5-7-12(11)17/h4-7,10,17H,8-9,15H2,1-3H3,(H,16,18). The van der Waals surface area contributed by atoms with Crippen LogP contribution in [0.5, 0.6) is 5.75 Å². The van der Waals surface area contributed by atoms with Crippen LogP contribution in [0, 0.1) is 0 Å². The molecule has 0 aromatic heterocycles. The van der Waals surface area contributed by atoms with Gasteiger partial charge in [-0.05, 0) is 26.8 Å². The van der Waals surface area contributed by atoms with Crippen LogP contribution in [0.3, 0.4) is 0 Å². The first-order valence-electron chi connectivity index (χ1n) is 6.40. The molecule has 0 fully saturated rings. The molecule has 0 aliphatic heterocycles. The summed E-state index contributed by atoms with van der Waals surface area (Å²) in [6.07, 6.45) is -0.519. The molecule has 1 amide bonds. The van der Waals surface area contributed by atoms with Crippen LogP contribution >= 0.6 is 0 Å². The Bertz CT molecular complexity index is 443. The molecule has 0 bridgehead atoms. The summed E-state index contributed by atoms with van der Waals surface area (Å²) in [5.74, 6) is 4.98. The molecule has 1 rings (SSSR count). The third-order valence-electron chi connectivity index (χ3n) is 2.57. The van der Waals surface area contributed by atoms with Crippen LogP contribution in [-0.4, -0.2) is 30.0 Å². The molecule has 112 valence electrons. The summed E-state index contributed by atoms with van der Waals surface area (Å²) in [6.45, 7) is 5.79. The van der Waals surface area contributed by atoms with E-state index >= 15 is 0 Å². The lowest BCUT2D eigenvalue weighted by Crippen LogP contribution is -2.35. The Labute approximate surface area is 118 Å². The highest BCUT2D eigenvalue weighted by Crippen LogP contribution is 2.25. The number of phenolic OH excluding ortho intramolecular Hbond substituents is 1. The Morgan fingerprint density at radius 1 is 1.40 bits per heavy atom. The summed E-state index contributed by atoms with van der Waals surface area (Å²) in [4.78, 5) is 16.3. The number of ether oxygens (including phenoxy) is 1. The molecule has 1 atom stereocenters. The van der Waals surface area contributed by atoms with Crippen LogP contribution in [0.15, 0.2) is 24.3 Å². The van der Waals surface area contributed by atoms with Crippen molar-refractivity contribution in [2.45, 2.75) is 32.3 Å². The molecule has 6 heteroatoms. The van der Waals surface area contributed by atoms with Gasteiger partial charge >= 0.3 is 6.09 Å². The van der Waals surface area contributed by atoms with E-state index in [1.54, 1.807) is 45.0 Å². The smallest absolute Gasteiger partial charge is 0.407 e. The molecule has 6 nitrogen and oxygen atoms in total. The Hall–Kier alpha value is -1.79. The molecule has 20 heavy (non-hydrogen) atoms. The lowest BCUT2D eigenvalue weighted by molar-refractivity contribution is 0.0511. The third-order valence-corrected chi connectivity index (χ3v) is 2.57. The van der Waals surface area contributed by atoms with Crippen LogP contribution < -0.4 is 11.2 Å². The highest BCUT2D eigenvalue weighted by Gasteiger charge is 2.19. The molecule has 0 aliphatic carbocycles. The van der Waals surface area contributed by atoms with Crippen molar-refractivity contribution < 1.29 is 19.5 Å². The molecule has 1 aromatic carbocycles. The number of para-hydroxylation sites is 1. The van der Waals surface area contributed by atoms with Gasteiger partial charge < -0.3 is 20.0 Å². The van der Waals surface area contributed by atoms with E-state index in [1.807, 2.05) is 0 Å². The Balaban J connectivity index is 2.65. The van der Waals surface area contributed by atoms with Gasteiger partial charge in [-0.3, -0.25) is 0 Å². The number of hydrogen-bond acceptors (Lipinski definition) is 5. The number of rotatable bonds is 5. The minimum Gasteiger partial charge on any atom is -0.508 e. The topological polar surface area (TPSA) is 93.8 Å². The zero-order valence-electron chi connectivity index (χ0n) is 12.1. The maximum atomic E-state index is 11.6. The van der Waals surface area contributed by atoms with Gasteiger partial charge in [0, 0.05) is 18.0 Å². The first-order chi connectivity index (χ1) is 9.33. The fourth-order valence-corrected chi connectivity index (χ4v) is 1.73. The second-order valence-corrected chi connectivity index (χ2v) is 5.47. The van der Waals surface area contributed by atoms with Gasteiger partial charge in [0.25, 0.3) is 0 Å². The number of nitrogens with one attached hydrogen (secondary N) is 1. The molecule has 0 saturated heterocycles. The SMILES string of the molecule is CC(C)(C)OC(=O)NCC(CON)c1ccccc1O. The van der Waals surface area contributed by atoms with Crippen LogP contribution in [0.25, 0.3) is 0 Å². The van der Waals surface area contributed by atoms with E-state index < -0.39 is 11.7 Å². The van der Waals surface area contributed by atoms with Crippen LogP contribution in [-0.2, 0) is 9.57 Å². The zero-order chi connectivity index (χ0) is 15.2. The second kappa shape index (κ2) is 7.12. The van der Waals surface area contributed by atoms with Gasteiger partial charge in [0.1, 0.15) is 11.4 Å². The van der Waals surface area contributed by atoms with Crippen molar-refractivity contribution >= 4 is 6.09 Å². The minimum absolute atomic E-state index is 0.139. The van der Waals surface area contributed by atoms with Crippen molar-refractivity contribution in [3.05, 3.63) is 29.8 Å². The fraction of sp³-hybridized carbons (Fsp3) is 0.500. The third kappa shape index (κ3) is 5.46. The average Bonchev–Trinajstić information content (AvgIpc) is 2.33. The van der Waals surface area contributed by atoms with Gasteiger partial charge in [-0.2, -0.15) is 0 Å². The van der Waals surface area contributed by atoms with E-state index in [4.69, 9.17) is 10.6 Å². The number of carbonyl (C=O) groups excluding carboxylic acids is 1. The first-order valence-corrected chi connectivity index (χ1v) is 6.40. The molecular formula is C14H22N2O4. The molecular weight excluding hydrogens is 260 g/mol. The Morgan fingerprint density at radius 3 is 2.60 bits per heavy atom. The van der Waals surface area contributed by atoms with Crippen molar-refractivity contribution in [3.8, 4) is 5.75 Å². The van der Waals surface area contributed by atoms with Crippen molar-refractivity contribution in [1.82, 2.24) is 5.32 Å². The molecule has 1 unspecified atom stereocenters. The number of alkyl carbamates (subject to hydrolysis) is 1. The average molecular weight is 282 g/mol. The fourth-order valence-electron chi connectivity index (χ4n) is 1.73. The van der Waals surface area contributed by atoms with Crippen molar-refractivity contribution in [1.29, 1.82) is 0 Å². The van der Waals surface area contributed by atoms with E-state index in [0.29, 0.717) is 5.56 Å². The van der Waals surface area contributed by atoms with E-state index in [-0.39, 0.29) is 24.8 Å².